The minimum Gasteiger partial charge on any atom is -0.340 e. The number of carbonyl (C=O) groups excluding carboxylic acids is 2. The van der Waals surface area contributed by atoms with Crippen LogP contribution in [0.1, 0.15) is 27.2 Å². The smallest absolute Gasteiger partial charge is 0.298 e. The number of amides is 1. The van der Waals surface area contributed by atoms with Crippen LogP contribution >= 0.6 is 11.6 Å². The second-order valence-corrected chi connectivity index (χ2v) is 6.67. The molecule has 0 atom stereocenters. The molecule has 0 saturated heterocycles. The number of hydrogen-bond acceptors (Lipinski definition) is 2. The van der Waals surface area contributed by atoms with Crippen LogP contribution in [0.5, 0.6) is 0 Å². The minimum atomic E-state index is -0.688. The van der Waals surface area contributed by atoms with E-state index in [0.29, 0.717) is 22.9 Å². The first-order chi connectivity index (χ1) is 12.4. The number of rotatable bonds is 5. The molecule has 26 heavy (non-hydrogen) atoms. The van der Waals surface area contributed by atoms with E-state index in [2.05, 4.69) is 31.3 Å². The van der Waals surface area contributed by atoms with Crippen LogP contribution in [-0.4, -0.2) is 16.3 Å². The van der Waals surface area contributed by atoms with E-state index in [1.54, 1.807) is 47.2 Å². The third-order valence-electron chi connectivity index (χ3n) is 4.28. The van der Waals surface area contributed by atoms with Crippen molar-refractivity contribution < 1.29 is 9.59 Å². The summed E-state index contributed by atoms with van der Waals surface area (Å²) in [4.78, 5) is 24.9. The molecule has 2 aromatic carbocycles. The number of benzene rings is 2. The number of anilines is 1. The van der Waals surface area contributed by atoms with Gasteiger partial charge in [0.15, 0.2) is 0 Å². The van der Waals surface area contributed by atoms with Crippen molar-refractivity contribution in [1.82, 2.24) is 4.57 Å². The summed E-state index contributed by atoms with van der Waals surface area (Å²) in [7, 11) is 0. The zero-order valence-electron chi connectivity index (χ0n) is 14.6. The van der Waals surface area contributed by atoms with Gasteiger partial charge in [0.1, 0.15) is 0 Å². The molecule has 0 unspecified atom stereocenters. The molecule has 5 heteroatoms. The summed E-state index contributed by atoms with van der Waals surface area (Å²) < 4.78 is 1.78. The van der Waals surface area contributed by atoms with E-state index in [0.717, 1.165) is 5.56 Å². The van der Waals surface area contributed by atoms with Gasteiger partial charge in [0.05, 0.1) is 5.69 Å². The van der Waals surface area contributed by atoms with Crippen molar-refractivity contribution in [3.05, 3.63) is 88.2 Å². The van der Waals surface area contributed by atoms with Gasteiger partial charge >= 0.3 is 0 Å². The first-order valence-corrected chi connectivity index (χ1v) is 8.64. The van der Waals surface area contributed by atoms with Gasteiger partial charge < -0.3 is 9.88 Å². The monoisotopic (exact) mass is 366 g/mol. The van der Waals surface area contributed by atoms with Crippen molar-refractivity contribution in [2.45, 2.75) is 20.4 Å². The quantitative estimate of drug-likeness (QED) is 0.528. The second-order valence-electron chi connectivity index (χ2n) is 6.23. The molecule has 132 valence electrons. The Bertz CT molecular complexity index is 976. The van der Waals surface area contributed by atoms with E-state index < -0.39 is 11.7 Å². The zero-order valence-corrected chi connectivity index (χ0v) is 15.4. The van der Waals surface area contributed by atoms with Crippen LogP contribution in [0.15, 0.2) is 60.8 Å². The SMILES string of the molecule is Cc1ccc(Cn2cccc2C(=O)C(=O)Nc2cccc(Cl)c2)cc1C. The highest BCUT2D eigenvalue weighted by molar-refractivity contribution is 6.46. The van der Waals surface area contributed by atoms with Crippen molar-refractivity contribution >= 4 is 29.0 Å². The first kappa shape index (κ1) is 18.0. The molecule has 0 aliphatic heterocycles. The molecule has 1 N–H and O–H groups in total. The van der Waals surface area contributed by atoms with E-state index in [4.69, 9.17) is 11.6 Å². The standard InChI is InChI=1S/C21H19ClN2O2/c1-14-8-9-16(11-15(14)2)13-24-10-4-7-19(24)20(25)21(26)23-18-6-3-5-17(22)12-18/h3-12H,13H2,1-2H3,(H,23,26). The summed E-state index contributed by atoms with van der Waals surface area (Å²) in [6, 6.07) is 16.3. The fraction of sp³-hybridized carbons (Fsp3) is 0.143. The Morgan fingerprint density at radius 1 is 1.00 bits per heavy atom. The first-order valence-electron chi connectivity index (χ1n) is 8.26. The lowest BCUT2D eigenvalue weighted by Gasteiger charge is -2.11. The van der Waals surface area contributed by atoms with Gasteiger partial charge in [0.2, 0.25) is 0 Å². The van der Waals surface area contributed by atoms with Gasteiger partial charge in [-0.05, 0) is 60.9 Å². The van der Waals surface area contributed by atoms with Crippen molar-refractivity contribution in [1.29, 1.82) is 0 Å². The molecule has 4 nitrogen and oxygen atoms in total. The number of carbonyl (C=O) groups is 2. The van der Waals surface area contributed by atoms with Crippen LogP contribution in [-0.2, 0) is 11.3 Å². The van der Waals surface area contributed by atoms with E-state index in [-0.39, 0.29) is 0 Å². The number of nitrogens with zero attached hydrogens (tertiary/aromatic N) is 1. The fourth-order valence-electron chi connectivity index (χ4n) is 2.73. The van der Waals surface area contributed by atoms with Gasteiger partial charge in [-0.25, -0.2) is 0 Å². The number of halogens is 1. The molecule has 0 spiro atoms. The largest absolute Gasteiger partial charge is 0.340 e. The van der Waals surface area contributed by atoms with E-state index >= 15 is 0 Å². The Labute approximate surface area is 157 Å². The van der Waals surface area contributed by atoms with Crippen LogP contribution in [0.3, 0.4) is 0 Å². The highest BCUT2D eigenvalue weighted by Crippen LogP contribution is 2.16. The molecule has 0 saturated carbocycles. The highest BCUT2D eigenvalue weighted by Gasteiger charge is 2.20. The Morgan fingerprint density at radius 2 is 1.81 bits per heavy atom. The van der Waals surface area contributed by atoms with E-state index in [1.807, 2.05) is 6.07 Å². The van der Waals surface area contributed by atoms with Gasteiger partial charge in [-0.2, -0.15) is 0 Å². The number of ketones is 1. The summed E-state index contributed by atoms with van der Waals surface area (Å²) in [5.41, 5.74) is 4.33. The van der Waals surface area contributed by atoms with Gasteiger partial charge in [-0.1, -0.05) is 35.9 Å². The lowest BCUT2D eigenvalue weighted by atomic mass is 10.1. The maximum atomic E-state index is 12.6. The highest BCUT2D eigenvalue weighted by atomic mass is 35.5. The average Bonchev–Trinajstić information content (AvgIpc) is 3.05. The molecule has 0 aliphatic carbocycles. The molecule has 0 bridgehead atoms. The number of aryl methyl sites for hydroxylation is 2. The zero-order chi connectivity index (χ0) is 18.7. The van der Waals surface area contributed by atoms with Crippen molar-refractivity contribution in [2.24, 2.45) is 0 Å². The maximum absolute atomic E-state index is 12.6. The Balaban J connectivity index is 1.77. The summed E-state index contributed by atoms with van der Waals surface area (Å²) in [5, 5.41) is 3.09. The molecular formula is C21H19ClN2O2. The van der Waals surface area contributed by atoms with Crippen molar-refractivity contribution in [2.75, 3.05) is 5.32 Å². The van der Waals surface area contributed by atoms with E-state index in [9.17, 15) is 9.59 Å². The predicted octanol–water partition coefficient (Wildman–Crippen LogP) is 4.63. The van der Waals surface area contributed by atoms with Crippen LogP contribution in [0.4, 0.5) is 5.69 Å². The van der Waals surface area contributed by atoms with Crippen LogP contribution < -0.4 is 5.32 Å². The topological polar surface area (TPSA) is 51.1 Å². The minimum absolute atomic E-state index is 0.350. The summed E-state index contributed by atoms with van der Waals surface area (Å²) in [6.45, 7) is 4.64. The normalized spacial score (nSPS) is 10.6. The lowest BCUT2D eigenvalue weighted by molar-refractivity contribution is -0.112. The van der Waals surface area contributed by atoms with Crippen LogP contribution in [0.25, 0.3) is 0 Å². The molecule has 0 aliphatic rings. The number of nitrogens with one attached hydrogen (secondary N) is 1. The van der Waals surface area contributed by atoms with Gasteiger partial charge in [0.25, 0.3) is 11.7 Å². The Morgan fingerprint density at radius 3 is 2.54 bits per heavy atom. The maximum Gasteiger partial charge on any atom is 0.298 e. The third kappa shape index (κ3) is 4.03. The molecule has 0 radical (unpaired) electrons. The van der Waals surface area contributed by atoms with Gasteiger partial charge in [0, 0.05) is 23.5 Å². The average molecular weight is 367 g/mol. The number of Topliss-reactive ketones (excluding diaryl/α,β-unsaturated/α-hetero) is 1. The summed E-state index contributed by atoms with van der Waals surface area (Å²) in [5.74, 6) is -1.27. The summed E-state index contributed by atoms with van der Waals surface area (Å²) in [6.07, 6.45) is 1.80. The van der Waals surface area contributed by atoms with Crippen molar-refractivity contribution in [3.63, 3.8) is 0 Å². The molecular weight excluding hydrogens is 348 g/mol. The summed E-state index contributed by atoms with van der Waals surface area (Å²) >= 11 is 5.91. The Kier molecular flexibility index (Phi) is 5.24. The molecule has 3 rings (SSSR count). The van der Waals surface area contributed by atoms with Gasteiger partial charge in [-0.15, -0.1) is 0 Å². The fourth-order valence-corrected chi connectivity index (χ4v) is 2.92. The predicted molar refractivity (Wildman–Crippen MR) is 104 cm³/mol. The second kappa shape index (κ2) is 7.58. The third-order valence-corrected chi connectivity index (χ3v) is 4.51. The molecule has 3 aromatic rings. The molecule has 0 fully saturated rings. The van der Waals surface area contributed by atoms with Gasteiger partial charge in [-0.3, -0.25) is 9.59 Å². The molecule has 1 amide bonds. The Hall–Kier alpha value is -2.85. The van der Waals surface area contributed by atoms with Crippen LogP contribution in [0, 0.1) is 13.8 Å². The number of hydrogen-bond donors (Lipinski definition) is 1. The molecule has 1 heterocycles. The number of aromatic nitrogens is 1. The molecule has 1 aromatic heterocycles. The lowest BCUT2D eigenvalue weighted by Crippen LogP contribution is -2.25. The van der Waals surface area contributed by atoms with E-state index in [1.165, 1.54) is 11.1 Å². The van der Waals surface area contributed by atoms with Crippen molar-refractivity contribution in [3.8, 4) is 0 Å². The van der Waals surface area contributed by atoms with Crippen LogP contribution in [0.2, 0.25) is 5.02 Å².